The Kier molecular flexibility index (Phi) is 7.05. The van der Waals surface area contributed by atoms with Crippen molar-refractivity contribution in [3.05, 3.63) is 23.8 Å². The van der Waals surface area contributed by atoms with E-state index in [0.29, 0.717) is 5.69 Å². The predicted molar refractivity (Wildman–Crippen MR) is 70.9 cm³/mol. The van der Waals surface area contributed by atoms with Gasteiger partial charge in [0.15, 0.2) is 0 Å². The Balaban J connectivity index is 2.69. The van der Waals surface area contributed by atoms with Crippen molar-refractivity contribution in [1.82, 2.24) is 9.97 Å². The smallest absolute Gasteiger partial charge is 0.126 e. The van der Waals surface area contributed by atoms with Crippen LogP contribution in [0.5, 0.6) is 0 Å². The molecule has 0 aliphatic heterocycles. The molecule has 0 aromatic carbocycles. The third kappa shape index (κ3) is 4.93. The molecule has 9 nitrogen and oxygen atoms in total. The van der Waals surface area contributed by atoms with Crippen LogP contribution in [0.1, 0.15) is 17.5 Å². The third-order valence-electron chi connectivity index (χ3n) is 3.06. The van der Waals surface area contributed by atoms with Crippen molar-refractivity contribution in [2.75, 3.05) is 13.2 Å². The fourth-order valence-electron chi connectivity index (χ4n) is 1.60. The lowest BCUT2D eigenvalue weighted by Gasteiger charge is -2.21. The number of hydrogen-bond acceptors (Lipinski definition) is 9. The highest BCUT2D eigenvalue weighted by Gasteiger charge is 2.26. The first kappa shape index (κ1) is 17.9. The van der Waals surface area contributed by atoms with Gasteiger partial charge in [-0.3, -0.25) is 9.97 Å². The van der Waals surface area contributed by atoms with Crippen LogP contribution in [0.25, 0.3) is 0 Å². The van der Waals surface area contributed by atoms with E-state index >= 15 is 0 Å². The van der Waals surface area contributed by atoms with Gasteiger partial charge in [-0.1, -0.05) is 0 Å². The summed E-state index contributed by atoms with van der Waals surface area (Å²) in [6.45, 7) is -1.06. The zero-order valence-electron chi connectivity index (χ0n) is 11.3. The van der Waals surface area contributed by atoms with Crippen molar-refractivity contribution >= 4 is 0 Å². The summed E-state index contributed by atoms with van der Waals surface area (Å²) in [5.74, 6) is 0. The zero-order valence-corrected chi connectivity index (χ0v) is 11.3. The Morgan fingerprint density at radius 3 is 2.10 bits per heavy atom. The van der Waals surface area contributed by atoms with E-state index in [9.17, 15) is 20.4 Å². The molecule has 0 saturated heterocycles. The summed E-state index contributed by atoms with van der Waals surface area (Å²) in [7, 11) is 0. The molecule has 0 unspecified atom stereocenters. The maximum Gasteiger partial charge on any atom is 0.126 e. The van der Waals surface area contributed by atoms with Gasteiger partial charge in [-0.15, -0.1) is 0 Å². The van der Waals surface area contributed by atoms with E-state index in [4.69, 9.17) is 15.9 Å². The molecule has 21 heavy (non-hydrogen) atoms. The topological polar surface area (TPSA) is 173 Å². The number of rotatable bonds is 8. The second-order valence-corrected chi connectivity index (χ2v) is 4.74. The van der Waals surface area contributed by atoms with Gasteiger partial charge in [-0.05, 0) is 0 Å². The van der Waals surface area contributed by atoms with Gasteiger partial charge in [0.2, 0.25) is 0 Å². The number of nitrogens with two attached hydrogens (primary N) is 1. The molecule has 120 valence electrons. The summed E-state index contributed by atoms with van der Waals surface area (Å²) in [6.07, 6.45) is -3.03. The van der Waals surface area contributed by atoms with Crippen molar-refractivity contribution < 1.29 is 30.6 Å². The van der Waals surface area contributed by atoms with E-state index in [1.807, 2.05) is 0 Å². The van der Waals surface area contributed by atoms with Crippen LogP contribution < -0.4 is 5.73 Å². The summed E-state index contributed by atoms with van der Waals surface area (Å²) in [4.78, 5) is 7.82. The quantitative estimate of drug-likeness (QED) is 0.256. The highest BCUT2D eigenvalue weighted by molar-refractivity contribution is 5.08. The minimum atomic E-state index is -1.59. The van der Waals surface area contributed by atoms with Crippen LogP contribution in [0.3, 0.4) is 0 Å². The average Bonchev–Trinajstić information content (AvgIpc) is 2.52. The Hall–Kier alpha value is -1.20. The Morgan fingerprint density at radius 1 is 0.952 bits per heavy atom. The van der Waals surface area contributed by atoms with E-state index in [1.54, 1.807) is 0 Å². The molecule has 9 heteroatoms. The predicted octanol–water partition coefficient (Wildman–Crippen LogP) is -3.55. The van der Waals surface area contributed by atoms with Gasteiger partial charge in [0.1, 0.15) is 18.3 Å². The van der Waals surface area contributed by atoms with Crippen molar-refractivity contribution in [2.24, 2.45) is 5.73 Å². The monoisotopic (exact) mass is 303 g/mol. The molecule has 1 rings (SSSR count). The molecular weight excluding hydrogens is 282 g/mol. The molecule has 0 aliphatic rings. The summed E-state index contributed by atoms with van der Waals surface area (Å²) in [5, 5.41) is 55.7. The second kappa shape index (κ2) is 8.29. The van der Waals surface area contributed by atoms with Crippen LogP contribution in [-0.2, 0) is 6.42 Å². The zero-order chi connectivity index (χ0) is 16.0. The highest BCUT2D eigenvalue weighted by atomic mass is 16.4. The SMILES string of the molecule is N[C@@H](CO)[C@H](O)Cc1cnc([C@@H](O)[C@H](O)[C@H](O)CO)cn1. The molecule has 1 heterocycles. The molecule has 8 N–H and O–H groups in total. The first-order chi connectivity index (χ1) is 9.90. The number of hydrogen-bond donors (Lipinski definition) is 7. The van der Waals surface area contributed by atoms with Crippen LogP contribution in [0, 0.1) is 0 Å². The van der Waals surface area contributed by atoms with Gasteiger partial charge in [0.25, 0.3) is 0 Å². The van der Waals surface area contributed by atoms with Gasteiger partial charge < -0.3 is 36.4 Å². The van der Waals surface area contributed by atoms with E-state index in [-0.39, 0.29) is 18.7 Å². The van der Waals surface area contributed by atoms with Crippen LogP contribution in [0.15, 0.2) is 12.4 Å². The van der Waals surface area contributed by atoms with Crippen molar-refractivity contribution in [1.29, 1.82) is 0 Å². The first-order valence-electron chi connectivity index (χ1n) is 6.41. The van der Waals surface area contributed by atoms with Gasteiger partial charge in [-0.25, -0.2) is 0 Å². The molecule has 0 spiro atoms. The van der Waals surface area contributed by atoms with Gasteiger partial charge in [-0.2, -0.15) is 0 Å². The molecule has 0 fully saturated rings. The van der Waals surface area contributed by atoms with Crippen molar-refractivity contribution in [2.45, 2.75) is 36.9 Å². The van der Waals surface area contributed by atoms with E-state index in [0.717, 1.165) is 0 Å². The summed E-state index contributed by atoms with van der Waals surface area (Å²) in [6, 6.07) is -0.793. The second-order valence-electron chi connectivity index (χ2n) is 4.74. The first-order valence-corrected chi connectivity index (χ1v) is 6.41. The molecule has 0 bridgehead atoms. The Labute approximate surface area is 121 Å². The van der Waals surface area contributed by atoms with Crippen molar-refractivity contribution in [3.63, 3.8) is 0 Å². The molecule has 0 radical (unpaired) electrons. The van der Waals surface area contributed by atoms with Gasteiger partial charge in [0, 0.05) is 12.6 Å². The van der Waals surface area contributed by atoms with Crippen LogP contribution in [0.2, 0.25) is 0 Å². The number of aliphatic hydroxyl groups is 6. The van der Waals surface area contributed by atoms with Crippen molar-refractivity contribution in [3.8, 4) is 0 Å². The lowest BCUT2D eigenvalue weighted by Crippen LogP contribution is -2.39. The standard InChI is InChI=1S/C12H21N3O6/c13-7(4-16)9(18)1-6-2-15-8(3-14-6)11(20)12(21)10(19)5-17/h2-3,7,9-12,16-21H,1,4-5,13H2/t7-,9+,10+,11+,12+/m0/s1. The van der Waals surface area contributed by atoms with Gasteiger partial charge in [0.05, 0.1) is 42.9 Å². The average molecular weight is 303 g/mol. The fraction of sp³-hybridized carbons (Fsp3) is 0.667. The molecule has 0 amide bonds. The molecule has 0 aliphatic carbocycles. The van der Waals surface area contributed by atoms with Crippen LogP contribution >= 0.6 is 0 Å². The Morgan fingerprint density at radius 2 is 1.62 bits per heavy atom. The summed E-state index contributed by atoms with van der Waals surface area (Å²) < 4.78 is 0. The van der Waals surface area contributed by atoms with Crippen LogP contribution in [0.4, 0.5) is 0 Å². The van der Waals surface area contributed by atoms with E-state index in [2.05, 4.69) is 9.97 Å². The molecule has 1 aromatic heterocycles. The number of nitrogens with zero attached hydrogens (tertiary/aromatic N) is 2. The third-order valence-corrected chi connectivity index (χ3v) is 3.06. The Bertz CT molecular complexity index is 418. The van der Waals surface area contributed by atoms with E-state index < -0.39 is 37.1 Å². The highest BCUT2D eigenvalue weighted by Crippen LogP contribution is 2.16. The normalized spacial score (nSPS) is 18.8. The minimum Gasteiger partial charge on any atom is -0.395 e. The summed E-state index contributed by atoms with van der Waals surface area (Å²) >= 11 is 0. The molecule has 1 aromatic rings. The fourth-order valence-corrected chi connectivity index (χ4v) is 1.60. The van der Waals surface area contributed by atoms with Gasteiger partial charge >= 0.3 is 0 Å². The van der Waals surface area contributed by atoms with Crippen LogP contribution in [-0.4, -0.2) is 78.2 Å². The largest absolute Gasteiger partial charge is 0.395 e. The lowest BCUT2D eigenvalue weighted by molar-refractivity contribution is -0.0790. The molecular formula is C12H21N3O6. The maximum absolute atomic E-state index is 9.76. The minimum absolute atomic E-state index is 0.0136. The maximum atomic E-state index is 9.76. The van der Waals surface area contributed by atoms with E-state index in [1.165, 1.54) is 12.4 Å². The molecule has 0 saturated carbocycles. The lowest BCUT2D eigenvalue weighted by atomic mass is 10.1. The molecule has 5 atom stereocenters. The number of aromatic nitrogens is 2. The summed E-state index contributed by atoms with van der Waals surface area (Å²) in [5.41, 5.74) is 5.86. The number of aliphatic hydroxyl groups excluding tert-OH is 6.